The van der Waals surface area contributed by atoms with Gasteiger partial charge in [0, 0.05) is 18.0 Å². The number of anilines is 1. The van der Waals surface area contributed by atoms with E-state index in [1.54, 1.807) is 18.3 Å². The molecule has 0 fully saturated rings. The van der Waals surface area contributed by atoms with Gasteiger partial charge in [-0.25, -0.2) is 0 Å². The van der Waals surface area contributed by atoms with Gasteiger partial charge in [0.15, 0.2) is 0 Å². The van der Waals surface area contributed by atoms with Crippen LogP contribution in [0.2, 0.25) is 0 Å². The molecule has 1 aromatic heterocycles. The van der Waals surface area contributed by atoms with E-state index in [0.717, 1.165) is 5.69 Å². The summed E-state index contributed by atoms with van der Waals surface area (Å²) in [6.07, 6.45) is 1.73. The van der Waals surface area contributed by atoms with Crippen molar-refractivity contribution in [1.82, 2.24) is 4.98 Å². The highest BCUT2D eigenvalue weighted by atomic mass is 35.5. The Hall–Kier alpha value is -1.82. The molecule has 1 aromatic carbocycles. The van der Waals surface area contributed by atoms with Gasteiger partial charge in [-0.05, 0) is 29.7 Å². The van der Waals surface area contributed by atoms with Crippen molar-refractivity contribution >= 4 is 36.4 Å². The molecule has 2 aromatic rings. The van der Waals surface area contributed by atoms with Crippen molar-refractivity contribution in [2.24, 2.45) is 11.1 Å². The molecule has 25 heavy (non-hydrogen) atoms. The Bertz CT molecular complexity index is 661. The highest BCUT2D eigenvalue weighted by molar-refractivity contribution is 5.95. The molecule has 2 rings (SSSR count). The monoisotopic (exact) mass is 385 g/mol. The number of ether oxygens (including phenoxy) is 1. The summed E-state index contributed by atoms with van der Waals surface area (Å²) in [6, 6.07) is 12.3. The van der Waals surface area contributed by atoms with E-state index < -0.39 is 6.04 Å². The van der Waals surface area contributed by atoms with E-state index in [4.69, 9.17) is 10.5 Å². The molecule has 138 valence electrons. The van der Waals surface area contributed by atoms with Crippen LogP contribution in [0.4, 0.5) is 5.69 Å². The predicted molar refractivity (Wildman–Crippen MR) is 106 cm³/mol. The highest BCUT2D eigenvalue weighted by Crippen LogP contribution is 2.21. The number of carbonyl (C=O) groups is 1. The number of aromatic nitrogens is 1. The summed E-state index contributed by atoms with van der Waals surface area (Å²) in [4.78, 5) is 16.4. The second-order valence-corrected chi connectivity index (χ2v) is 6.47. The minimum atomic E-state index is -0.583. The number of rotatable bonds is 5. The van der Waals surface area contributed by atoms with E-state index in [1.807, 2.05) is 51.1 Å². The lowest BCUT2D eigenvalue weighted by Crippen LogP contribution is -2.45. The number of halogens is 2. The van der Waals surface area contributed by atoms with Crippen LogP contribution >= 0.6 is 24.8 Å². The quantitative estimate of drug-likeness (QED) is 0.819. The van der Waals surface area contributed by atoms with Crippen LogP contribution in [0.1, 0.15) is 26.5 Å². The summed E-state index contributed by atoms with van der Waals surface area (Å²) in [5, 5.41) is 2.83. The zero-order valence-corrected chi connectivity index (χ0v) is 16.2. The molecule has 0 saturated heterocycles. The van der Waals surface area contributed by atoms with E-state index in [2.05, 4.69) is 10.3 Å². The van der Waals surface area contributed by atoms with Gasteiger partial charge in [0.05, 0.1) is 11.7 Å². The molecule has 7 heteroatoms. The molecule has 1 amide bonds. The fraction of sp³-hybridized carbons (Fsp3) is 0.333. The first-order valence-corrected chi connectivity index (χ1v) is 7.55. The third-order valence-corrected chi connectivity index (χ3v) is 3.43. The van der Waals surface area contributed by atoms with Gasteiger partial charge in [-0.3, -0.25) is 9.78 Å². The van der Waals surface area contributed by atoms with E-state index in [-0.39, 0.29) is 36.1 Å². The second-order valence-electron chi connectivity index (χ2n) is 6.47. The van der Waals surface area contributed by atoms with Crippen LogP contribution in [0.3, 0.4) is 0 Å². The first-order chi connectivity index (χ1) is 10.9. The van der Waals surface area contributed by atoms with E-state index in [9.17, 15) is 4.79 Å². The molecule has 0 spiro atoms. The van der Waals surface area contributed by atoms with Gasteiger partial charge in [0.1, 0.15) is 12.4 Å². The maximum absolute atomic E-state index is 12.2. The van der Waals surface area contributed by atoms with Crippen molar-refractivity contribution < 1.29 is 9.53 Å². The molecule has 0 saturated carbocycles. The Morgan fingerprint density at radius 1 is 1.20 bits per heavy atom. The van der Waals surface area contributed by atoms with Gasteiger partial charge in [-0.15, -0.1) is 24.8 Å². The lowest BCUT2D eigenvalue weighted by Gasteiger charge is -2.25. The van der Waals surface area contributed by atoms with Gasteiger partial charge >= 0.3 is 0 Å². The number of carbonyl (C=O) groups excluding carboxylic acids is 1. The molecule has 5 nitrogen and oxygen atoms in total. The van der Waals surface area contributed by atoms with Crippen molar-refractivity contribution in [3.8, 4) is 5.75 Å². The average Bonchev–Trinajstić information content (AvgIpc) is 2.52. The normalized spacial score (nSPS) is 11.5. The molecule has 0 bridgehead atoms. The summed E-state index contributed by atoms with van der Waals surface area (Å²) >= 11 is 0. The van der Waals surface area contributed by atoms with Crippen molar-refractivity contribution in [3.63, 3.8) is 0 Å². The summed E-state index contributed by atoms with van der Waals surface area (Å²) in [5.41, 5.74) is 7.17. The zero-order chi connectivity index (χ0) is 16.9. The van der Waals surface area contributed by atoms with E-state index in [1.165, 1.54) is 0 Å². The maximum atomic E-state index is 12.2. The van der Waals surface area contributed by atoms with Gasteiger partial charge in [0.2, 0.25) is 5.91 Å². The molecule has 0 radical (unpaired) electrons. The molecule has 0 aliphatic rings. The Labute approximate surface area is 161 Å². The van der Waals surface area contributed by atoms with Gasteiger partial charge in [0.25, 0.3) is 0 Å². The largest absolute Gasteiger partial charge is 0.487 e. The van der Waals surface area contributed by atoms with Crippen molar-refractivity contribution in [1.29, 1.82) is 0 Å². The summed E-state index contributed by atoms with van der Waals surface area (Å²) in [5.74, 6) is 0.456. The molecule has 3 N–H and O–H groups in total. The number of hydrogen-bond donors (Lipinski definition) is 2. The molecule has 1 heterocycles. The molecular weight excluding hydrogens is 361 g/mol. The second kappa shape index (κ2) is 10.2. The first-order valence-electron chi connectivity index (χ1n) is 7.55. The fourth-order valence-corrected chi connectivity index (χ4v) is 1.92. The number of hydrogen-bond acceptors (Lipinski definition) is 4. The fourth-order valence-electron chi connectivity index (χ4n) is 1.92. The zero-order valence-electron chi connectivity index (χ0n) is 14.6. The molecular formula is C18H25Cl2N3O2. The van der Waals surface area contributed by atoms with Crippen LogP contribution in [0.5, 0.6) is 5.75 Å². The standard InChI is InChI=1S/C18H23N3O2.2ClH/c1-18(2,3)16(19)17(22)21-13-8-6-9-15(11-13)23-12-14-7-4-5-10-20-14;;/h4-11,16H,12,19H2,1-3H3,(H,21,22);2*1H/t16-;;/m1../s1. The maximum Gasteiger partial charge on any atom is 0.241 e. The van der Waals surface area contributed by atoms with Crippen molar-refractivity contribution in [2.45, 2.75) is 33.4 Å². The number of benzene rings is 1. The molecule has 1 atom stereocenters. The first kappa shape index (κ1) is 23.2. The van der Waals surface area contributed by atoms with Crippen LogP contribution in [0, 0.1) is 5.41 Å². The van der Waals surface area contributed by atoms with E-state index >= 15 is 0 Å². The number of nitrogens with two attached hydrogens (primary N) is 1. The van der Waals surface area contributed by atoms with Crippen LogP contribution in [-0.2, 0) is 11.4 Å². The van der Waals surface area contributed by atoms with Crippen LogP contribution in [0.25, 0.3) is 0 Å². The van der Waals surface area contributed by atoms with Crippen molar-refractivity contribution in [2.75, 3.05) is 5.32 Å². The summed E-state index contributed by atoms with van der Waals surface area (Å²) in [6.45, 7) is 6.18. The van der Waals surface area contributed by atoms with Crippen LogP contribution < -0.4 is 15.8 Å². The molecule has 0 aliphatic carbocycles. The van der Waals surface area contributed by atoms with Crippen LogP contribution in [0.15, 0.2) is 48.7 Å². The number of pyridine rings is 1. The Morgan fingerprint density at radius 3 is 2.52 bits per heavy atom. The lowest BCUT2D eigenvalue weighted by atomic mass is 9.87. The topological polar surface area (TPSA) is 77.2 Å². The van der Waals surface area contributed by atoms with Gasteiger partial charge < -0.3 is 15.8 Å². The smallest absolute Gasteiger partial charge is 0.241 e. The van der Waals surface area contributed by atoms with E-state index in [0.29, 0.717) is 18.0 Å². The van der Waals surface area contributed by atoms with Gasteiger partial charge in [-0.1, -0.05) is 32.9 Å². The summed E-state index contributed by atoms with van der Waals surface area (Å²) < 4.78 is 5.70. The molecule has 0 unspecified atom stereocenters. The third kappa shape index (κ3) is 7.30. The highest BCUT2D eigenvalue weighted by Gasteiger charge is 2.27. The molecule has 0 aliphatic heterocycles. The Kier molecular flexibility index (Phi) is 9.49. The predicted octanol–water partition coefficient (Wildman–Crippen LogP) is 3.82. The average molecular weight is 386 g/mol. The van der Waals surface area contributed by atoms with Crippen molar-refractivity contribution in [3.05, 3.63) is 54.4 Å². The third-order valence-electron chi connectivity index (χ3n) is 3.43. The lowest BCUT2D eigenvalue weighted by molar-refractivity contribution is -0.119. The Morgan fingerprint density at radius 2 is 1.92 bits per heavy atom. The minimum absolute atomic E-state index is 0. The van der Waals surface area contributed by atoms with Gasteiger partial charge in [-0.2, -0.15) is 0 Å². The summed E-state index contributed by atoms with van der Waals surface area (Å²) in [7, 11) is 0. The Balaban J connectivity index is 0.00000288. The minimum Gasteiger partial charge on any atom is -0.487 e. The number of amides is 1. The van der Waals surface area contributed by atoms with Crippen LogP contribution in [-0.4, -0.2) is 16.9 Å². The number of nitrogens with zero attached hydrogens (tertiary/aromatic N) is 1. The number of nitrogens with one attached hydrogen (secondary N) is 1. The SMILES string of the molecule is CC(C)(C)[C@H](N)C(=O)Nc1cccc(OCc2ccccn2)c1.Cl.Cl.